The van der Waals surface area contributed by atoms with Crippen LogP contribution in [0.5, 0.6) is 0 Å². The fraction of sp³-hybridized carbons (Fsp3) is 0.357. The summed E-state index contributed by atoms with van der Waals surface area (Å²) >= 11 is 0. The Morgan fingerprint density at radius 3 is 2.88 bits per heavy atom. The zero-order valence-electron chi connectivity index (χ0n) is 9.76. The van der Waals surface area contributed by atoms with Crippen molar-refractivity contribution in [2.45, 2.75) is 24.9 Å². The predicted molar refractivity (Wildman–Crippen MR) is 69.7 cm³/mol. The van der Waals surface area contributed by atoms with Crippen molar-refractivity contribution in [2.75, 3.05) is 6.54 Å². The third-order valence-corrected chi connectivity index (χ3v) is 3.32. The molecule has 0 radical (unpaired) electrons. The zero-order valence-corrected chi connectivity index (χ0v) is 9.76. The second kappa shape index (κ2) is 4.43. The first kappa shape index (κ1) is 10.7. The molecule has 0 amide bonds. The molecule has 17 heavy (non-hydrogen) atoms. The molecule has 1 aromatic heterocycles. The average Bonchev–Trinajstić information content (AvgIpc) is 3.19. The Hall–Kier alpha value is -1.45. The number of fused-ring (bicyclic) bond motifs is 1. The summed E-state index contributed by atoms with van der Waals surface area (Å²) in [5.41, 5.74) is 7.10. The standard InChI is InChI=1S/C14H17N3/c15-7-14(17-11-5-6-11)13-9-16-8-10-3-1-2-4-12(10)13/h1-4,8-9,11,14,17H,5-7,15H2. The highest BCUT2D eigenvalue weighted by atomic mass is 15.0. The van der Waals surface area contributed by atoms with Gasteiger partial charge in [0.1, 0.15) is 0 Å². The van der Waals surface area contributed by atoms with Crippen molar-refractivity contribution in [2.24, 2.45) is 5.73 Å². The van der Waals surface area contributed by atoms with Gasteiger partial charge in [-0.1, -0.05) is 24.3 Å². The first-order valence-corrected chi connectivity index (χ1v) is 6.17. The molecule has 0 spiro atoms. The summed E-state index contributed by atoms with van der Waals surface area (Å²) in [6, 6.07) is 9.22. The van der Waals surface area contributed by atoms with Crippen LogP contribution in [-0.4, -0.2) is 17.6 Å². The van der Waals surface area contributed by atoms with Crippen molar-refractivity contribution in [1.29, 1.82) is 0 Å². The number of pyridine rings is 1. The Labute approximate surface area is 101 Å². The molecule has 3 rings (SSSR count). The fourth-order valence-corrected chi connectivity index (χ4v) is 2.24. The Bertz CT molecular complexity index is 514. The summed E-state index contributed by atoms with van der Waals surface area (Å²) < 4.78 is 0. The van der Waals surface area contributed by atoms with Crippen LogP contribution in [-0.2, 0) is 0 Å². The minimum absolute atomic E-state index is 0.223. The molecule has 1 aliphatic rings. The highest BCUT2D eigenvalue weighted by Crippen LogP contribution is 2.27. The molecule has 3 nitrogen and oxygen atoms in total. The molecule has 3 N–H and O–H groups in total. The van der Waals surface area contributed by atoms with E-state index in [0.717, 1.165) is 0 Å². The molecule has 1 aromatic carbocycles. The van der Waals surface area contributed by atoms with Crippen molar-refractivity contribution in [3.05, 3.63) is 42.2 Å². The van der Waals surface area contributed by atoms with Crippen LogP contribution in [0.1, 0.15) is 24.4 Å². The monoisotopic (exact) mass is 227 g/mol. The zero-order chi connectivity index (χ0) is 11.7. The topological polar surface area (TPSA) is 50.9 Å². The number of hydrogen-bond acceptors (Lipinski definition) is 3. The van der Waals surface area contributed by atoms with Crippen molar-refractivity contribution in [3.63, 3.8) is 0 Å². The van der Waals surface area contributed by atoms with Crippen LogP contribution >= 0.6 is 0 Å². The highest BCUT2D eigenvalue weighted by Gasteiger charge is 2.25. The minimum atomic E-state index is 0.223. The van der Waals surface area contributed by atoms with Gasteiger partial charge < -0.3 is 11.1 Å². The smallest absolute Gasteiger partial charge is 0.0468 e. The van der Waals surface area contributed by atoms with Gasteiger partial charge in [-0.25, -0.2) is 0 Å². The van der Waals surface area contributed by atoms with E-state index in [1.54, 1.807) is 0 Å². The minimum Gasteiger partial charge on any atom is -0.329 e. The molecule has 3 heteroatoms. The maximum Gasteiger partial charge on any atom is 0.0468 e. The molecular weight excluding hydrogens is 210 g/mol. The Morgan fingerprint density at radius 2 is 2.12 bits per heavy atom. The third kappa shape index (κ3) is 2.16. The molecule has 0 saturated heterocycles. The van der Waals surface area contributed by atoms with Crippen LogP contribution in [0, 0.1) is 0 Å². The first-order valence-electron chi connectivity index (χ1n) is 6.17. The normalized spacial score (nSPS) is 17.2. The van der Waals surface area contributed by atoms with E-state index < -0.39 is 0 Å². The van der Waals surface area contributed by atoms with Crippen LogP contribution in [0.4, 0.5) is 0 Å². The summed E-state index contributed by atoms with van der Waals surface area (Å²) in [4.78, 5) is 4.31. The summed E-state index contributed by atoms with van der Waals surface area (Å²) in [7, 11) is 0. The van der Waals surface area contributed by atoms with E-state index in [2.05, 4.69) is 28.5 Å². The van der Waals surface area contributed by atoms with Crippen molar-refractivity contribution in [3.8, 4) is 0 Å². The second-order valence-electron chi connectivity index (χ2n) is 4.68. The number of nitrogens with two attached hydrogens (primary N) is 1. The number of nitrogens with one attached hydrogen (secondary N) is 1. The highest BCUT2D eigenvalue weighted by molar-refractivity contribution is 5.85. The average molecular weight is 227 g/mol. The SMILES string of the molecule is NCC(NC1CC1)c1cncc2ccccc12. The molecule has 1 atom stereocenters. The van der Waals surface area contributed by atoms with Gasteiger partial charge in [-0.3, -0.25) is 4.98 Å². The molecule has 1 aliphatic carbocycles. The number of benzene rings is 1. The summed E-state index contributed by atoms with van der Waals surface area (Å²) in [6.45, 7) is 0.617. The van der Waals surface area contributed by atoms with Crippen molar-refractivity contribution >= 4 is 10.8 Å². The lowest BCUT2D eigenvalue weighted by Crippen LogP contribution is -2.30. The van der Waals surface area contributed by atoms with Crippen LogP contribution < -0.4 is 11.1 Å². The molecule has 1 unspecified atom stereocenters. The summed E-state index contributed by atoms with van der Waals surface area (Å²) in [6.07, 6.45) is 6.39. The van der Waals surface area contributed by atoms with Crippen LogP contribution in [0.25, 0.3) is 10.8 Å². The van der Waals surface area contributed by atoms with Gasteiger partial charge in [-0.15, -0.1) is 0 Å². The van der Waals surface area contributed by atoms with Gasteiger partial charge in [-0.05, 0) is 23.8 Å². The Balaban J connectivity index is 2.01. The van der Waals surface area contributed by atoms with Gasteiger partial charge in [0.2, 0.25) is 0 Å². The maximum absolute atomic E-state index is 5.88. The van der Waals surface area contributed by atoms with Crippen molar-refractivity contribution < 1.29 is 0 Å². The van der Waals surface area contributed by atoms with Crippen LogP contribution in [0.3, 0.4) is 0 Å². The number of aromatic nitrogens is 1. The van der Waals surface area contributed by atoms with Crippen LogP contribution in [0.2, 0.25) is 0 Å². The number of nitrogens with zero attached hydrogens (tertiary/aromatic N) is 1. The summed E-state index contributed by atoms with van der Waals surface area (Å²) in [5, 5.41) is 6.02. The van der Waals surface area contributed by atoms with Gasteiger partial charge in [0.15, 0.2) is 0 Å². The van der Waals surface area contributed by atoms with Gasteiger partial charge in [0.05, 0.1) is 0 Å². The second-order valence-corrected chi connectivity index (χ2v) is 4.68. The van der Waals surface area contributed by atoms with E-state index in [0.29, 0.717) is 12.6 Å². The molecule has 88 valence electrons. The Morgan fingerprint density at radius 1 is 1.29 bits per heavy atom. The van der Waals surface area contributed by atoms with Gasteiger partial charge in [0.25, 0.3) is 0 Å². The predicted octanol–water partition coefficient (Wildman–Crippen LogP) is 1.99. The van der Waals surface area contributed by atoms with Gasteiger partial charge in [-0.2, -0.15) is 0 Å². The molecule has 2 aromatic rings. The first-order chi connectivity index (χ1) is 8.38. The lowest BCUT2D eigenvalue weighted by Gasteiger charge is -2.18. The maximum atomic E-state index is 5.88. The van der Waals surface area contributed by atoms with E-state index in [4.69, 9.17) is 5.73 Å². The quantitative estimate of drug-likeness (QED) is 0.839. The lowest BCUT2D eigenvalue weighted by molar-refractivity contribution is 0.541. The molecule has 0 aliphatic heterocycles. The van der Waals surface area contributed by atoms with E-state index in [-0.39, 0.29) is 6.04 Å². The number of hydrogen-bond donors (Lipinski definition) is 2. The van der Waals surface area contributed by atoms with E-state index in [1.807, 2.05) is 18.5 Å². The number of rotatable bonds is 4. The third-order valence-electron chi connectivity index (χ3n) is 3.32. The lowest BCUT2D eigenvalue weighted by atomic mass is 10.0. The molecule has 1 saturated carbocycles. The molecule has 1 heterocycles. The van der Waals surface area contributed by atoms with Crippen LogP contribution in [0.15, 0.2) is 36.7 Å². The molecular formula is C14H17N3. The molecule has 0 bridgehead atoms. The van der Waals surface area contributed by atoms with E-state index in [1.165, 1.54) is 29.2 Å². The van der Waals surface area contributed by atoms with Crippen molar-refractivity contribution in [1.82, 2.24) is 10.3 Å². The van der Waals surface area contributed by atoms with Gasteiger partial charge >= 0.3 is 0 Å². The van der Waals surface area contributed by atoms with E-state index >= 15 is 0 Å². The van der Waals surface area contributed by atoms with Gasteiger partial charge in [0, 0.05) is 36.4 Å². The Kier molecular flexibility index (Phi) is 2.79. The summed E-state index contributed by atoms with van der Waals surface area (Å²) in [5.74, 6) is 0. The van der Waals surface area contributed by atoms with E-state index in [9.17, 15) is 0 Å². The fourth-order valence-electron chi connectivity index (χ4n) is 2.24. The molecule has 1 fully saturated rings. The largest absolute Gasteiger partial charge is 0.329 e.